The number of fused-ring (bicyclic) bond motifs is 1. The van der Waals surface area contributed by atoms with Crippen molar-refractivity contribution in [2.45, 2.75) is 51.7 Å². The maximum Gasteiger partial charge on any atom is 0.334 e. The number of hydrogen-bond donors (Lipinski definition) is 2. The van der Waals surface area contributed by atoms with Gasteiger partial charge < -0.3 is 19.7 Å². The average Bonchev–Trinajstić information content (AvgIpc) is 2.85. The van der Waals surface area contributed by atoms with E-state index in [1.54, 1.807) is 6.08 Å². The smallest absolute Gasteiger partial charge is 0.334 e. The first kappa shape index (κ1) is 20.4. The second-order valence-corrected chi connectivity index (χ2v) is 7.29. The highest BCUT2D eigenvalue weighted by atomic mass is 16.6. The van der Waals surface area contributed by atoms with Gasteiger partial charge in [0.15, 0.2) is 0 Å². The van der Waals surface area contributed by atoms with Crippen LogP contribution in [0, 0.1) is 11.8 Å². The molecule has 0 aromatic heterocycles. The molecule has 3 atom stereocenters. The van der Waals surface area contributed by atoms with Gasteiger partial charge >= 0.3 is 11.9 Å². The molecule has 6 heteroatoms. The fourth-order valence-corrected chi connectivity index (χ4v) is 3.35. The Morgan fingerprint density at radius 2 is 2.04 bits per heavy atom. The van der Waals surface area contributed by atoms with E-state index in [9.17, 15) is 19.8 Å². The number of carbonyl (C=O) groups excluding carboxylic acids is 2. The Morgan fingerprint density at radius 3 is 2.65 bits per heavy atom. The molecule has 1 saturated heterocycles. The zero-order chi connectivity index (χ0) is 19.3. The van der Waals surface area contributed by atoms with Gasteiger partial charge in [-0.3, -0.25) is 4.79 Å². The predicted molar refractivity (Wildman–Crippen MR) is 96.0 cm³/mol. The molecule has 1 heterocycles. The fraction of sp³-hybridized carbons (Fsp3) is 0.600. The molecule has 2 N–H and O–H groups in total. The first-order valence-corrected chi connectivity index (χ1v) is 9.04. The Labute approximate surface area is 154 Å². The van der Waals surface area contributed by atoms with Crippen LogP contribution in [0.4, 0.5) is 0 Å². The van der Waals surface area contributed by atoms with Crippen LogP contribution in [0.3, 0.4) is 0 Å². The third-order valence-corrected chi connectivity index (χ3v) is 4.69. The largest absolute Gasteiger partial charge is 0.461 e. The van der Waals surface area contributed by atoms with Crippen molar-refractivity contribution in [2.75, 3.05) is 13.2 Å². The normalized spacial score (nSPS) is 26.7. The molecular weight excluding hydrogens is 336 g/mol. The van der Waals surface area contributed by atoms with Gasteiger partial charge in [-0.1, -0.05) is 26.5 Å². The first-order chi connectivity index (χ1) is 12.3. The topological polar surface area (TPSA) is 93.1 Å². The molecule has 1 aliphatic carbocycles. The highest BCUT2D eigenvalue weighted by molar-refractivity contribution is 5.91. The third-order valence-electron chi connectivity index (χ3n) is 4.69. The molecular formula is C20H28O6. The molecule has 6 nitrogen and oxygen atoms in total. The Morgan fingerprint density at radius 1 is 1.35 bits per heavy atom. The quantitative estimate of drug-likeness (QED) is 0.441. The van der Waals surface area contributed by atoms with E-state index in [0.717, 1.165) is 11.1 Å². The van der Waals surface area contributed by atoms with E-state index < -0.39 is 24.1 Å². The van der Waals surface area contributed by atoms with Gasteiger partial charge in [0, 0.05) is 18.4 Å². The van der Waals surface area contributed by atoms with Crippen LogP contribution >= 0.6 is 0 Å². The Hall–Kier alpha value is -1.92. The summed E-state index contributed by atoms with van der Waals surface area (Å²) in [5.74, 6) is -1.26. The van der Waals surface area contributed by atoms with Gasteiger partial charge in [-0.2, -0.15) is 0 Å². The van der Waals surface area contributed by atoms with Gasteiger partial charge in [-0.15, -0.1) is 0 Å². The number of ether oxygens (including phenoxy) is 2. The Kier molecular flexibility index (Phi) is 7.17. The third kappa shape index (κ3) is 5.05. The second-order valence-electron chi connectivity index (χ2n) is 7.29. The highest BCUT2D eigenvalue weighted by Crippen LogP contribution is 2.36. The van der Waals surface area contributed by atoms with Crippen LogP contribution in [-0.2, 0) is 19.1 Å². The Bertz CT molecular complexity index is 616. The van der Waals surface area contributed by atoms with E-state index in [0.29, 0.717) is 19.3 Å². The predicted octanol–water partition coefficient (Wildman–Crippen LogP) is 2.06. The molecule has 1 fully saturated rings. The fourth-order valence-electron chi connectivity index (χ4n) is 3.35. The molecule has 0 aromatic carbocycles. The molecule has 0 spiro atoms. The van der Waals surface area contributed by atoms with Crippen LogP contribution in [0.5, 0.6) is 0 Å². The van der Waals surface area contributed by atoms with E-state index in [1.807, 2.05) is 19.9 Å². The summed E-state index contributed by atoms with van der Waals surface area (Å²) in [5, 5.41) is 19.2. The van der Waals surface area contributed by atoms with Crippen LogP contribution in [-0.4, -0.2) is 47.6 Å². The number of esters is 2. The molecule has 0 saturated carbocycles. The van der Waals surface area contributed by atoms with E-state index in [-0.39, 0.29) is 37.1 Å². The number of aliphatic hydroxyl groups excluding tert-OH is 2. The van der Waals surface area contributed by atoms with Gasteiger partial charge in [0.2, 0.25) is 0 Å². The summed E-state index contributed by atoms with van der Waals surface area (Å²) in [6, 6.07) is 0. The standard InChI is InChI=1S/C20H28O6/c1-12(2)7-18(23)25-16-8-14(10-21)5-4-6-15(11-22)9-17-19(16)13(3)20(24)26-17/h5,9,12,16-17,19,21-22H,3-4,6-8,10-11H2,1-2H3. The maximum absolute atomic E-state index is 12.3. The Balaban J connectivity index is 2.37. The van der Waals surface area contributed by atoms with Gasteiger partial charge in [-0.25, -0.2) is 4.79 Å². The van der Waals surface area contributed by atoms with Crippen molar-refractivity contribution >= 4 is 11.9 Å². The van der Waals surface area contributed by atoms with Crippen LogP contribution in [0.2, 0.25) is 0 Å². The van der Waals surface area contributed by atoms with Crippen LogP contribution in [0.25, 0.3) is 0 Å². The lowest BCUT2D eigenvalue weighted by Gasteiger charge is -2.28. The molecule has 144 valence electrons. The number of rotatable bonds is 5. The number of aliphatic hydroxyl groups is 2. The molecule has 3 unspecified atom stereocenters. The summed E-state index contributed by atoms with van der Waals surface area (Å²) in [5.41, 5.74) is 1.73. The summed E-state index contributed by atoms with van der Waals surface area (Å²) in [6.45, 7) is 7.37. The number of allylic oxidation sites excluding steroid dienone is 1. The van der Waals surface area contributed by atoms with Crippen molar-refractivity contribution in [1.29, 1.82) is 0 Å². The lowest BCUT2D eigenvalue weighted by molar-refractivity contribution is -0.152. The second kappa shape index (κ2) is 9.14. The summed E-state index contributed by atoms with van der Waals surface area (Å²) in [4.78, 5) is 24.3. The minimum Gasteiger partial charge on any atom is -0.461 e. The SMILES string of the molecule is C=C1C(=O)OC2C=C(CO)CCC=C(CO)CC(OC(=O)CC(C)C)C12. The molecule has 2 rings (SSSR count). The lowest BCUT2D eigenvalue weighted by Crippen LogP contribution is -2.34. The minimum atomic E-state index is -0.655. The summed E-state index contributed by atoms with van der Waals surface area (Å²) < 4.78 is 11.1. The van der Waals surface area contributed by atoms with Gasteiger partial charge in [0.25, 0.3) is 0 Å². The lowest BCUT2D eigenvalue weighted by atomic mass is 9.85. The number of hydrogen-bond acceptors (Lipinski definition) is 6. The van der Waals surface area contributed by atoms with Crippen LogP contribution in [0.15, 0.2) is 35.5 Å². The number of carbonyl (C=O) groups is 2. The van der Waals surface area contributed by atoms with Gasteiger partial charge in [0.1, 0.15) is 12.2 Å². The van der Waals surface area contributed by atoms with Crippen molar-refractivity contribution in [1.82, 2.24) is 0 Å². The van der Waals surface area contributed by atoms with E-state index >= 15 is 0 Å². The van der Waals surface area contributed by atoms with Crippen LogP contribution < -0.4 is 0 Å². The van der Waals surface area contributed by atoms with E-state index in [1.165, 1.54) is 0 Å². The highest BCUT2D eigenvalue weighted by Gasteiger charge is 2.44. The van der Waals surface area contributed by atoms with Gasteiger partial charge in [0.05, 0.1) is 19.1 Å². The van der Waals surface area contributed by atoms with Gasteiger partial charge in [-0.05, 0) is 36.0 Å². The van der Waals surface area contributed by atoms with Crippen molar-refractivity contribution in [2.24, 2.45) is 11.8 Å². The molecule has 0 radical (unpaired) electrons. The summed E-state index contributed by atoms with van der Waals surface area (Å²) >= 11 is 0. The molecule has 0 aromatic rings. The average molecular weight is 364 g/mol. The molecule has 1 aliphatic heterocycles. The summed E-state index contributed by atoms with van der Waals surface area (Å²) in [6.07, 6.45) is 4.18. The van der Waals surface area contributed by atoms with Crippen molar-refractivity contribution in [3.63, 3.8) is 0 Å². The minimum absolute atomic E-state index is 0.145. The van der Waals surface area contributed by atoms with Crippen molar-refractivity contribution < 1.29 is 29.3 Å². The molecule has 0 bridgehead atoms. The van der Waals surface area contributed by atoms with Crippen molar-refractivity contribution in [3.05, 3.63) is 35.5 Å². The van der Waals surface area contributed by atoms with Crippen LogP contribution in [0.1, 0.15) is 39.5 Å². The zero-order valence-electron chi connectivity index (χ0n) is 15.4. The zero-order valence-corrected chi connectivity index (χ0v) is 15.4. The van der Waals surface area contributed by atoms with E-state index in [4.69, 9.17) is 9.47 Å². The van der Waals surface area contributed by atoms with Crippen molar-refractivity contribution in [3.8, 4) is 0 Å². The monoisotopic (exact) mass is 364 g/mol. The first-order valence-electron chi connectivity index (χ1n) is 9.04. The molecule has 26 heavy (non-hydrogen) atoms. The van der Waals surface area contributed by atoms with E-state index in [2.05, 4.69) is 6.58 Å². The molecule has 2 aliphatic rings. The molecule has 0 amide bonds. The maximum atomic E-state index is 12.3. The summed E-state index contributed by atoms with van der Waals surface area (Å²) in [7, 11) is 0.